The van der Waals surface area contributed by atoms with Crippen LogP contribution in [0.5, 0.6) is 0 Å². The number of aliphatic carboxylic acids is 1. The average Bonchev–Trinajstić information content (AvgIpc) is 2.96. The van der Waals surface area contributed by atoms with Crippen molar-refractivity contribution in [3.8, 4) is 0 Å². The molecule has 6 heteroatoms. The molecule has 1 atom stereocenters. The predicted octanol–water partition coefficient (Wildman–Crippen LogP) is 0.811. The highest BCUT2D eigenvalue weighted by Gasteiger charge is 2.29. The first-order valence-corrected chi connectivity index (χ1v) is 6.20. The smallest absolute Gasteiger partial charge is 0.330 e. The number of hydrogen-bond acceptors (Lipinski definition) is 3. The van der Waals surface area contributed by atoms with Crippen LogP contribution in [0.1, 0.15) is 23.4 Å². The van der Waals surface area contributed by atoms with Crippen molar-refractivity contribution in [1.29, 1.82) is 0 Å². The number of aromatic amines is 1. The van der Waals surface area contributed by atoms with E-state index in [2.05, 4.69) is 10.2 Å². The molecule has 1 aliphatic heterocycles. The van der Waals surface area contributed by atoms with E-state index in [9.17, 15) is 9.59 Å². The number of H-pyrrole nitrogens is 1. The van der Waals surface area contributed by atoms with Gasteiger partial charge in [-0.2, -0.15) is 5.10 Å². The topological polar surface area (TPSA) is 86.3 Å². The first-order chi connectivity index (χ1) is 9.00. The van der Waals surface area contributed by atoms with Gasteiger partial charge >= 0.3 is 5.97 Å². The molecule has 0 fully saturated rings. The summed E-state index contributed by atoms with van der Waals surface area (Å²) in [5.74, 6) is -1.15. The van der Waals surface area contributed by atoms with Gasteiger partial charge in [0.1, 0.15) is 6.04 Å². The summed E-state index contributed by atoms with van der Waals surface area (Å²) in [5.41, 5.74) is 2.92. The van der Waals surface area contributed by atoms with Gasteiger partial charge in [0.2, 0.25) is 5.91 Å². The minimum Gasteiger partial charge on any atom is -0.479 e. The number of carbonyl (C=O) groups is 2. The van der Waals surface area contributed by atoms with Crippen molar-refractivity contribution in [3.63, 3.8) is 0 Å². The van der Waals surface area contributed by atoms with Crippen LogP contribution >= 0.6 is 0 Å². The van der Waals surface area contributed by atoms with Gasteiger partial charge in [0, 0.05) is 25.1 Å². The van der Waals surface area contributed by atoms with Crippen molar-refractivity contribution in [1.82, 2.24) is 15.1 Å². The first kappa shape index (κ1) is 13.3. The molecule has 0 radical (unpaired) electrons. The van der Waals surface area contributed by atoms with Gasteiger partial charge in [-0.25, -0.2) is 4.79 Å². The summed E-state index contributed by atoms with van der Waals surface area (Å²) < 4.78 is 0. The van der Waals surface area contributed by atoms with Crippen molar-refractivity contribution < 1.29 is 14.7 Å². The maximum absolute atomic E-state index is 12.0. The molecule has 6 nitrogen and oxygen atoms in total. The molecule has 1 aliphatic rings. The Kier molecular flexibility index (Phi) is 3.69. The molecule has 2 N–H and O–H groups in total. The zero-order valence-corrected chi connectivity index (χ0v) is 11.0. The normalized spacial score (nSPS) is 18.0. The predicted molar refractivity (Wildman–Crippen MR) is 68.7 cm³/mol. The van der Waals surface area contributed by atoms with Gasteiger partial charge in [-0.1, -0.05) is 12.2 Å². The number of carbonyl (C=O) groups excluding carboxylic acids is 1. The van der Waals surface area contributed by atoms with Gasteiger partial charge in [0.15, 0.2) is 0 Å². The van der Waals surface area contributed by atoms with Gasteiger partial charge in [-0.3, -0.25) is 9.89 Å². The van der Waals surface area contributed by atoms with Crippen LogP contribution in [0.15, 0.2) is 12.2 Å². The molecular weight excluding hydrogens is 246 g/mol. The van der Waals surface area contributed by atoms with Gasteiger partial charge in [0.05, 0.1) is 5.69 Å². The van der Waals surface area contributed by atoms with E-state index >= 15 is 0 Å². The van der Waals surface area contributed by atoms with Crippen LogP contribution < -0.4 is 0 Å². The Bertz CT molecular complexity index is 533. The van der Waals surface area contributed by atoms with Crippen LogP contribution in [-0.4, -0.2) is 44.7 Å². The van der Waals surface area contributed by atoms with Gasteiger partial charge in [-0.15, -0.1) is 0 Å². The van der Waals surface area contributed by atoms with Crippen molar-refractivity contribution in [2.75, 3.05) is 6.54 Å². The maximum atomic E-state index is 12.0. The largest absolute Gasteiger partial charge is 0.479 e. The molecule has 0 saturated heterocycles. The van der Waals surface area contributed by atoms with E-state index in [1.54, 1.807) is 12.2 Å². The molecule has 0 aromatic carbocycles. The Morgan fingerprint density at radius 1 is 1.53 bits per heavy atom. The Morgan fingerprint density at radius 2 is 2.26 bits per heavy atom. The summed E-state index contributed by atoms with van der Waals surface area (Å²) in [6.07, 6.45) is 4.05. The molecule has 1 aromatic heterocycles. The zero-order valence-electron chi connectivity index (χ0n) is 11.0. The molecule has 0 spiro atoms. The standard InChI is InChI=1S/C13H17N3O3/c1-8-9(2)14-15-10(8)5-6-12(17)16-7-3-4-11(16)13(18)19/h3-4,11H,5-7H2,1-2H3,(H,14,15)(H,18,19)/t11-/m1/s1. The number of aryl methyl sites for hydroxylation is 2. The fourth-order valence-corrected chi connectivity index (χ4v) is 2.14. The quantitative estimate of drug-likeness (QED) is 0.787. The SMILES string of the molecule is Cc1[nH]nc(CCC(=O)N2CC=C[C@@H]2C(=O)O)c1C. The molecule has 1 aromatic rings. The Labute approximate surface area is 111 Å². The Hall–Kier alpha value is -2.11. The fraction of sp³-hybridized carbons (Fsp3) is 0.462. The Balaban J connectivity index is 1.95. The van der Waals surface area contributed by atoms with Gasteiger partial charge < -0.3 is 10.0 Å². The first-order valence-electron chi connectivity index (χ1n) is 6.20. The van der Waals surface area contributed by atoms with Crippen molar-refractivity contribution in [3.05, 3.63) is 29.1 Å². The summed E-state index contributed by atoms with van der Waals surface area (Å²) in [4.78, 5) is 24.4. The Morgan fingerprint density at radius 3 is 2.84 bits per heavy atom. The van der Waals surface area contributed by atoms with Crippen LogP contribution in [-0.2, 0) is 16.0 Å². The van der Waals surface area contributed by atoms with E-state index in [1.807, 2.05) is 13.8 Å². The molecule has 2 heterocycles. The van der Waals surface area contributed by atoms with Crippen molar-refractivity contribution in [2.24, 2.45) is 0 Å². The fourth-order valence-electron chi connectivity index (χ4n) is 2.14. The number of carboxylic acids is 1. The van der Waals surface area contributed by atoms with Gasteiger partial charge in [0.25, 0.3) is 0 Å². The monoisotopic (exact) mass is 263 g/mol. The number of rotatable bonds is 4. The lowest BCUT2D eigenvalue weighted by molar-refractivity contribution is -0.146. The summed E-state index contributed by atoms with van der Waals surface area (Å²) >= 11 is 0. The summed E-state index contributed by atoms with van der Waals surface area (Å²) in [5, 5.41) is 16.0. The highest BCUT2D eigenvalue weighted by atomic mass is 16.4. The average molecular weight is 263 g/mol. The number of aromatic nitrogens is 2. The third kappa shape index (κ3) is 2.67. The van der Waals surface area contributed by atoms with E-state index in [0.29, 0.717) is 13.0 Å². The molecule has 2 rings (SSSR count). The molecule has 1 amide bonds. The lowest BCUT2D eigenvalue weighted by atomic mass is 10.1. The number of carboxylic acid groups (broad SMARTS) is 1. The zero-order chi connectivity index (χ0) is 14.0. The molecule has 0 saturated carbocycles. The number of hydrogen-bond donors (Lipinski definition) is 2. The highest BCUT2D eigenvalue weighted by Crippen LogP contribution is 2.15. The lowest BCUT2D eigenvalue weighted by Gasteiger charge is -2.21. The van der Waals surface area contributed by atoms with E-state index in [0.717, 1.165) is 17.0 Å². The van der Waals surface area contributed by atoms with Crippen LogP contribution in [0.2, 0.25) is 0 Å². The van der Waals surface area contributed by atoms with Crippen molar-refractivity contribution in [2.45, 2.75) is 32.7 Å². The number of amides is 1. The second-order valence-electron chi connectivity index (χ2n) is 4.68. The summed E-state index contributed by atoms with van der Waals surface area (Å²) in [6, 6.07) is -0.825. The van der Waals surface area contributed by atoms with E-state index < -0.39 is 12.0 Å². The molecule has 0 bridgehead atoms. The maximum Gasteiger partial charge on any atom is 0.330 e. The van der Waals surface area contributed by atoms with Gasteiger partial charge in [-0.05, 0) is 19.4 Å². The van der Waals surface area contributed by atoms with Crippen LogP contribution in [0.3, 0.4) is 0 Å². The minimum atomic E-state index is -0.992. The minimum absolute atomic E-state index is 0.155. The number of nitrogens with zero attached hydrogens (tertiary/aromatic N) is 2. The van der Waals surface area contributed by atoms with Crippen LogP contribution in [0.4, 0.5) is 0 Å². The molecule has 0 aliphatic carbocycles. The number of nitrogens with one attached hydrogen (secondary N) is 1. The molecule has 19 heavy (non-hydrogen) atoms. The third-order valence-electron chi connectivity index (χ3n) is 3.46. The summed E-state index contributed by atoms with van der Waals surface area (Å²) in [6.45, 7) is 4.25. The third-order valence-corrected chi connectivity index (χ3v) is 3.46. The second kappa shape index (κ2) is 5.26. The summed E-state index contributed by atoms with van der Waals surface area (Å²) in [7, 11) is 0. The van der Waals surface area contributed by atoms with E-state index in [4.69, 9.17) is 5.11 Å². The van der Waals surface area contributed by atoms with Crippen molar-refractivity contribution >= 4 is 11.9 Å². The molecule has 0 unspecified atom stereocenters. The highest BCUT2D eigenvalue weighted by molar-refractivity contribution is 5.86. The lowest BCUT2D eigenvalue weighted by Crippen LogP contribution is -2.40. The second-order valence-corrected chi connectivity index (χ2v) is 4.68. The molecular formula is C13H17N3O3. The molecule has 102 valence electrons. The van der Waals surface area contributed by atoms with Crippen LogP contribution in [0.25, 0.3) is 0 Å². The van der Waals surface area contributed by atoms with E-state index in [-0.39, 0.29) is 12.3 Å². The van der Waals surface area contributed by atoms with Crippen LogP contribution in [0, 0.1) is 13.8 Å². The van der Waals surface area contributed by atoms with E-state index in [1.165, 1.54) is 4.90 Å².